The molecule has 10 nitrogen and oxygen atoms in total. The van der Waals surface area contributed by atoms with Gasteiger partial charge in [0.1, 0.15) is 6.20 Å². The number of nitro groups is 2. The van der Waals surface area contributed by atoms with Gasteiger partial charge in [0, 0.05) is 0 Å². The maximum atomic E-state index is 10.4. The summed E-state index contributed by atoms with van der Waals surface area (Å²) in [5, 5.41) is 36.8. The first-order chi connectivity index (χ1) is 6.86. The standard InChI is InChI=1S/C5H5N5O5/c6-3-2(9(12)13)1-8(11)5(7)4(3)10(14)15/h1,7,11H,6H2. The molecule has 0 atom stereocenters. The number of rotatable bonds is 2. The second-order valence-electron chi connectivity index (χ2n) is 2.48. The maximum absolute atomic E-state index is 10.4. The van der Waals surface area contributed by atoms with E-state index in [-0.39, 0.29) is 4.73 Å². The van der Waals surface area contributed by atoms with Crippen LogP contribution in [0.15, 0.2) is 6.20 Å². The minimum absolute atomic E-state index is 0.0351. The summed E-state index contributed by atoms with van der Waals surface area (Å²) in [5.41, 5.74) is 1.59. The second kappa shape index (κ2) is 3.25. The van der Waals surface area contributed by atoms with Crippen molar-refractivity contribution in [3.05, 3.63) is 31.9 Å². The third-order valence-corrected chi connectivity index (χ3v) is 1.61. The van der Waals surface area contributed by atoms with Gasteiger partial charge in [0.15, 0.2) is 5.69 Å². The van der Waals surface area contributed by atoms with Crippen LogP contribution >= 0.6 is 0 Å². The highest BCUT2D eigenvalue weighted by Crippen LogP contribution is 2.26. The molecule has 1 rings (SSSR count). The number of pyridine rings is 1. The van der Waals surface area contributed by atoms with Gasteiger partial charge in [0.25, 0.3) is 0 Å². The second-order valence-corrected chi connectivity index (χ2v) is 2.48. The highest BCUT2D eigenvalue weighted by Gasteiger charge is 2.27. The first kappa shape index (κ1) is 10.4. The molecular weight excluding hydrogens is 210 g/mol. The normalized spacial score (nSPS) is 9.87. The lowest BCUT2D eigenvalue weighted by atomic mass is 10.3. The molecule has 1 heterocycles. The average molecular weight is 215 g/mol. The monoisotopic (exact) mass is 215 g/mol. The average Bonchev–Trinajstić information content (AvgIpc) is 2.10. The molecule has 4 N–H and O–H groups in total. The van der Waals surface area contributed by atoms with Gasteiger partial charge in [-0.25, -0.2) is 0 Å². The third kappa shape index (κ3) is 1.54. The van der Waals surface area contributed by atoms with Gasteiger partial charge < -0.3 is 10.9 Å². The highest BCUT2D eigenvalue weighted by atomic mass is 16.6. The first-order valence-corrected chi connectivity index (χ1v) is 3.44. The van der Waals surface area contributed by atoms with Crippen LogP contribution in [0.4, 0.5) is 17.1 Å². The summed E-state index contributed by atoms with van der Waals surface area (Å²) in [5.74, 6) is 0. The van der Waals surface area contributed by atoms with E-state index in [0.717, 1.165) is 0 Å². The van der Waals surface area contributed by atoms with Crippen LogP contribution < -0.4 is 11.2 Å². The molecule has 0 saturated heterocycles. The van der Waals surface area contributed by atoms with E-state index in [0.29, 0.717) is 6.20 Å². The van der Waals surface area contributed by atoms with Gasteiger partial charge in [-0.1, -0.05) is 0 Å². The van der Waals surface area contributed by atoms with Crippen LogP contribution in [-0.2, 0) is 0 Å². The van der Waals surface area contributed by atoms with Crippen molar-refractivity contribution in [3.63, 3.8) is 0 Å². The summed E-state index contributed by atoms with van der Waals surface area (Å²) in [7, 11) is 0. The summed E-state index contributed by atoms with van der Waals surface area (Å²) in [4.78, 5) is 18.7. The van der Waals surface area contributed by atoms with E-state index in [4.69, 9.17) is 16.4 Å². The molecular formula is C5H5N5O5. The quantitative estimate of drug-likeness (QED) is 0.345. The Bertz CT molecular complexity index is 505. The van der Waals surface area contributed by atoms with Crippen LogP contribution in [0.5, 0.6) is 0 Å². The first-order valence-electron chi connectivity index (χ1n) is 3.44. The van der Waals surface area contributed by atoms with Crippen LogP contribution in [0.1, 0.15) is 0 Å². The minimum atomic E-state index is -1.07. The zero-order valence-corrected chi connectivity index (χ0v) is 7.08. The molecule has 0 aromatic carbocycles. The van der Waals surface area contributed by atoms with Gasteiger partial charge >= 0.3 is 11.4 Å². The Kier molecular flexibility index (Phi) is 2.26. The largest absolute Gasteiger partial charge is 0.426 e. The summed E-state index contributed by atoms with van der Waals surface area (Å²) < 4.78 is -0.0351. The fourth-order valence-electron chi connectivity index (χ4n) is 0.938. The van der Waals surface area contributed by atoms with Crippen molar-refractivity contribution in [2.45, 2.75) is 0 Å². The summed E-state index contributed by atoms with van der Waals surface area (Å²) in [6.07, 6.45) is 0.519. The number of nitrogens with one attached hydrogen (secondary N) is 1. The van der Waals surface area contributed by atoms with Crippen LogP contribution in [0.3, 0.4) is 0 Å². The van der Waals surface area contributed by atoms with Crippen molar-refractivity contribution in [2.75, 3.05) is 5.73 Å². The van der Waals surface area contributed by atoms with Gasteiger partial charge in [0.05, 0.1) is 9.85 Å². The molecule has 0 radical (unpaired) electrons. The lowest BCUT2D eigenvalue weighted by Crippen LogP contribution is -2.23. The topological polar surface area (TPSA) is 161 Å². The molecule has 0 bridgehead atoms. The van der Waals surface area contributed by atoms with Gasteiger partial charge in [0.2, 0.25) is 5.49 Å². The number of aromatic nitrogens is 1. The maximum Gasteiger partial charge on any atom is 0.344 e. The molecule has 10 heteroatoms. The lowest BCUT2D eigenvalue weighted by molar-refractivity contribution is -0.394. The fourth-order valence-corrected chi connectivity index (χ4v) is 0.938. The SMILES string of the molecule is N=c1c([N+](=O)[O-])c(N)c([N+](=O)[O-])cn1O. The Morgan fingerprint density at radius 2 is 1.93 bits per heavy atom. The highest BCUT2D eigenvalue weighted by molar-refractivity contribution is 5.68. The van der Waals surface area contributed by atoms with Crippen molar-refractivity contribution >= 4 is 17.1 Å². The number of anilines is 1. The number of nitrogens with two attached hydrogens (primary N) is 1. The van der Waals surface area contributed by atoms with E-state index in [2.05, 4.69) is 0 Å². The molecule has 0 aliphatic rings. The van der Waals surface area contributed by atoms with Crippen LogP contribution in [0.25, 0.3) is 0 Å². The number of hydrogen-bond donors (Lipinski definition) is 3. The van der Waals surface area contributed by atoms with E-state index in [1.54, 1.807) is 0 Å². The molecule has 15 heavy (non-hydrogen) atoms. The molecule has 0 spiro atoms. The minimum Gasteiger partial charge on any atom is -0.426 e. The Morgan fingerprint density at radius 1 is 1.40 bits per heavy atom. The molecule has 1 aromatic heterocycles. The number of hydrogen-bond acceptors (Lipinski definition) is 7. The summed E-state index contributed by atoms with van der Waals surface area (Å²) in [6, 6.07) is 0. The van der Waals surface area contributed by atoms with E-state index in [1.807, 2.05) is 0 Å². The Hall–Kier alpha value is -2.65. The molecule has 0 fully saturated rings. The predicted octanol–water partition coefficient (Wildman–Crippen LogP) is -0.397. The van der Waals surface area contributed by atoms with Gasteiger partial charge in [-0.05, 0) is 0 Å². The van der Waals surface area contributed by atoms with Gasteiger partial charge in [-0.15, -0.1) is 0 Å². The Labute approximate surface area is 80.9 Å². The molecule has 0 aliphatic carbocycles. The smallest absolute Gasteiger partial charge is 0.344 e. The summed E-state index contributed by atoms with van der Waals surface area (Å²) in [6.45, 7) is 0. The predicted molar refractivity (Wildman–Crippen MR) is 45.2 cm³/mol. The zero-order valence-electron chi connectivity index (χ0n) is 7.08. The van der Waals surface area contributed by atoms with E-state index in [9.17, 15) is 20.2 Å². The van der Waals surface area contributed by atoms with E-state index < -0.39 is 32.4 Å². The Balaban J connectivity index is 3.72. The zero-order chi connectivity index (χ0) is 11.7. The summed E-state index contributed by atoms with van der Waals surface area (Å²) >= 11 is 0. The third-order valence-electron chi connectivity index (χ3n) is 1.61. The molecule has 80 valence electrons. The molecule has 0 unspecified atom stereocenters. The van der Waals surface area contributed by atoms with Crippen molar-refractivity contribution in [2.24, 2.45) is 0 Å². The molecule has 0 saturated carbocycles. The van der Waals surface area contributed by atoms with Crippen LogP contribution in [0, 0.1) is 25.6 Å². The van der Waals surface area contributed by atoms with Crippen molar-refractivity contribution in [3.8, 4) is 0 Å². The van der Waals surface area contributed by atoms with Gasteiger partial charge in [-0.3, -0.25) is 25.6 Å². The van der Waals surface area contributed by atoms with Crippen LogP contribution in [0.2, 0.25) is 0 Å². The van der Waals surface area contributed by atoms with E-state index >= 15 is 0 Å². The van der Waals surface area contributed by atoms with Gasteiger partial charge in [-0.2, -0.15) is 4.73 Å². The number of nitrogens with zero attached hydrogens (tertiary/aromatic N) is 3. The molecule has 0 aliphatic heterocycles. The van der Waals surface area contributed by atoms with Crippen molar-refractivity contribution < 1.29 is 15.1 Å². The molecule has 0 amide bonds. The van der Waals surface area contributed by atoms with Crippen molar-refractivity contribution in [1.29, 1.82) is 5.41 Å². The lowest BCUT2D eigenvalue weighted by Gasteiger charge is -2.01. The van der Waals surface area contributed by atoms with Crippen LogP contribution in [-0.4, -0.2) is 19.8 Å². The van der Waals surface area contributed by atoms with Crippen molar-refractivity contribution in [1.82, 2.24) is 4.73 Å². The van der Waals surface area contributed by atoms with E-state index in [1.165, 1.54) is 0 Å². The number of nitrogen functional groups attached to an aromatic ring is 1. The fraction of sp³-hybridized carbons (Fsp3) is 0. The molecule has 1 aromatic rings. The Morgan fingerprint density at radius 3 is 2.33 bits per heavy atom.